The highest BCUT2D eigenvalue weighted by Gasteiger charge is 2.33. The van der Waals surface area contributed by atoms with Crippen molar-refractivity contribution < 1.29 is 0 Å². The lowest BCUT2D eigenvalue weighted by atomic mass is 10.2. The molecule has 0 amide bonds. The van der Waals surface area contributed by atoms with Gasteiger partial charge < -0.3 is 0 Å². The van der Waals surface area contributed by atoms with Crippen LogP contribution >= 0.6 is 0 Å². The fraction of sp³-hybridized carbons (Fsp3) is 1.00. The second-order valence-corrected chi connectivity index (χ2v) is 3.14. The molecule has 2 saturated heterocycles. The maximum Gasteiger partial charge on any atom is 0.0290 e. The summed E-state index contributed by atoms with van der Waals surface area (Å²) in [5.41, 5.74) is 0. The molecule has 2 nitrogen and oxygen atoms in total. The van der Waals surface area contributed by atoms with Crippen LogP contribution in [-0.4, -0.2) is 37.1 Å². The van der Waals surface area contributed by atoms with Crippen LogP contribution in [0.3, 0.4) is 0 Å². The third-order valence-electron chi connectivity index (χ3n) is 2.66. The first kappa shape index (κ1) is 5.69. The SMILES string of the molecule is CN1C2CCC1C[N]C2. The molecule has 51 valence electrons. The first-order chi connectivity index (χ1) is 4.38. The van der Waals surface area contributed by atoms with Gasteiger partial charge in [0.15, 0.2) is 0 Å². The molecule has 2 bridgehead atoms. The Morgan fingerprint density at radius 3 is 2.22 bits per heavy atom. The van der Waals surface area contributed by atoms with Crippen molar-refractivity contribution >= 4 is 0 Å². The number of nitrogens with zero attached hydrogens (tertiary/aromatic N) is 2. The predicted octanol–water partition coefficient (Wildman–Crippen LogP) is 0.0672. The van der Waals surface area contributed by atoms with Gasteiger partial charge in [-0.25, -0.2) is 5.32 Å². The van der Waals surface area contributed by atoms with Gasteiger partial charge in [0, 0.05) is 25.2 Å². The molecule has 2 fully saturated rings. The van der Waals surface area contributed by atoms with Gasteiger partial charge in [-0.15, -0.1) is 0 Å². The monoisotopic (exact) mass is 125 g/mol. The van der Waals surface area contributed by atoms with Crippen LogP contribution in [0.2, 0.25) is 0 Å². The highest BCUT2D eigenvalue weighted by molar-refractivity contribution is 4.91. The molecule has 2 atom stereocenters. The molecule has 0 aliphatic carbocycles. The summed E-state index contributed by atoms with van der Waals surface area (Å²) in [4.78, 5) is 2.49. The third-order valence-corrected chi connectivity index (χ3v) is 2.66. The van der Waals surface area contributed by atoms with Crippen molar-refractivity contribution in [1.82, 2.24) is 10.2 Å². The average Bonchev–Trinajstić information content (AvgIpc) is 2.19. The minimum atomic E-state index is 0.795. The Hall–Kier alpha value is -0.0800. The minimum absolute atomic E-state index is 0.795. The van der Waals surface area contributed by atoms with Gasteiger partial charge in [0.2, 0.25) is 0 Å². The molecule has 0 spiro atoms. The summed E-state index contributed by atoms with van der Waals surface area (Å²) in [6.45, 7) is 2.18. The zero-order valence-electron chi connectivity index (χ0n) is 5.88. The Labute approximate surface area is 56.2 Å². The van der Waals surface area contributed by atoms with Crippen molar-refractivity contribution in [3.05, 3.63) is 0 Å². The van der Waals surface area contributed by atoms with E-state index in [0.29, 0.717) is 0 Å². The second-order valence-electron chi connectivity index (χ2n) is 3.14. The van der Waals surface area contributed by atoms with Crippen molar-refractivity contribution in [2.24, 2.45) is 0 Å². The molecule has 2 aliphatic heterocycles. The third kappa shape index (κ3) is 0.775. The summed E-state index contributed by atoms with van der Waals surface area (Å²) in [5, 5.41) is 4.41. The van der Waals surface area contributed by atoms with Crippen LogP contribution in [0.5, 0.6) is 0 Å². The molecule has 2 heterocycles. The number of hydrogen-bond acceptors (Lipinski definition) is 1. The summed E-state index contributed by atoms with van der Waals surface area (Å²) in [7, 11) is 2.23. The van der Waals surface area contributed by atoms with Gasteiger partial charge in [-0.1, -0.05) is 0 Å². The van der Waals surface area contributed by atoms with Crippen LogP contribution in [0.15, 0.2) is 0 Å². The van der Waals surface area contributed by atoms with Gasteiger partial charge >= 0.3 is 0 Å². The van der Waals surface area contributed by atoms with E-state index in [4.69, 9.17) is 0 Å². The highest BCUT2D eigenvalue weighted by atomic mass is 15.2. The van der Waals surface area contributed by atoms with Crippen molar-refractivity contribution in [3.8, 4) is 0 Å². The molecule has 2 aliphatic rings. The lowest BCUT2D eigenvalue weighted by Gasteiger charge is -2.30. The average molecular weight is 125 g/mol. The first-order valence-corrected chi connectivity index (χ1v) is 3.73. The van der Waals surface area contributed by atoms with Crippen LogP contribution in [0.4, 0.5) is 0 Å². The quantitative estimate of drug-likeness (QED) is 0.448. The maximum absolute atomic E-state index is 4.41. The summed E-state index contributed by atoms with van der Waals surface area (Å²) < 4.78 is 0. The van der Waals surface area contributed by atoms with Crippen molar-refractivity contribution in [3.63, 3.8) is 0 Å². The Kier molecular flexibility index (Phi) is 1.24. The Balaban J connectivity index is 2.10. The number of piperazine rings is 1. The molecule has 0 aromatic heterocycles. The molecule has 1 radical (unpaired) electrons. The zero-order chi connectivity index (χ0) is 6.27. The van der Waals surface area contributed by atoms with Gasteiger partial charge in [0.25, 0.3) is 0 Å². The van der Waals surface area contributed by atoms with Gasteiger partial charge in [0.1, 0.15) is 0 Å². The standard InChI is InChI=1S/C7H13N2/c1-9-6-2-3-7(9)5-8-4-6/h6-7H,2-5H2,1H3. The van der Waals surface area contributed by atoms with E-state index in [1.807, 2.05) is 0 Å². The number of fused-ring (bicyclic) bond motifs is 2. The van der Waals surface area contributed by atoms with Crippen LogP contribution in [0.1, 0.15) is 12.8 Å². The van der Waals surface area contributed by atoms with Gasteiger partial charge in [-0.3, -0.25) is 4.90 Å². The van der Waals surface area contributed by atoms with E-state index in [1.54, 1.807) is 0 Å². The van der Waals surface area contributed by atoms with E-state index < -0.39 is 0 Å². The Bertz CT molecular complexity index is 97.5. The molecule has 0 N–H and O–H groups in total. The van der Waals surface area contributed by atoms with Gasteiger partial charge in [-0.05, 0) is 19.9 Å². The molecule has 9 heavy (non-hydrogen) atoms. The van der Waals surface area contributed by atoms with Gasteiger partial charge in [0.05, 0.1) is 0 Å². The molecule has 0 saturated carbocycles. The summed E-state index contributed by atoms with van der Waals surface area (Å²) in [6.07, 6.45) is 2.76. The van der Waals surface area contributed by atoms with E-state index in [2.05, 4.69) is 17.3 Å². The summed E-state index contributed by atoms with van der Waals surface area (Å²) in [5.74, 6) is 0. The van der Waals surface area contributed by atoms with Crippen LogP contribution in [0, 0.1) is 0 Å². The number of hydrogen-bond donors (Lipinski definition) is 0. The summed E-state index contributed by atoms with van der Waals surface area (Å²) in [6, 6.07) is 1.59. The molecule has 0 aromatic carbocycles. The molecular formula is C7H13N2. The minimum Gasteiger partial charge on any atom is -0.298 e. The lowest BCUT2D eigenvalue weighted by molar-refractivity contribution is 0.191. The normalized spacial score (nSPS) is 43.7. The maximum atomic E-state index is 4.41. The second kappa shape index (κ2) is 1.96. The lowest BCUT2D eigenvalue weighted by Crippen LogP contribution is -2.46. The predicted molar refractivity (Wildman–Crippen MR) is 36.4 cm³/mol. The van der Waals surface area contributed by atoms with E-state index >= 15 is 0 Å². The molecule has 2 rings (SSSR count). The van der Waals surface area contributed by atoms with E-state index in [0.717, 1.165) is 25.2 Å². The van der Waals surface area contributed by atoms with E-state index in [-0.39, 0.29) is 0 Å². The Morgan fingerprint density at radius 2 is 1.78 bits per heavy atom. The molecule has 2 heteroatoms. The van der Waals surface area contributed by atoms with E-state index in [9.17, 15) is 0 Å². The number of likely N-dealkylation sites (N-methyl/N-ethyl adjacent to an activating group) is 1. The van der Waals surface area contributed by atoms with Crippen molar-refractivity contribution in [2.75, 3.05) is 20.1 Å². The number of rotatable bonds is 0. The zero-order valence-corrected chi connectivity index (χ0v) is 5.88. The van der Waals surface area contributed by atoms with Crippen LogP contribution in [0.25, 0.3) is 0 Å². The highest BCUT2D eigenvalue weighted by Crippen LogP contribution is 2.24. The summed E-state index contributed by atoms with van der Waals surface area (Å²) >= 11 is 0. The first-order valence-electron chi connectivity index (χ1n) is 3.73. The van der Waals surface area contributed by atoms with E-state index in [1.165, 1.54) is 12.8 Å². The largest absolute Gasteiger partial charge is 0.298 e. The van der Waals surface area contributed by atoms with Gasteiger partial charge in [-0.2, -0.15) is 0 Å². The fourth-order valence-corrected chi connectivity index (χ4v) is 1.90. The molecule has 2 unspecified atom stereocenters. The van der Waals surface area contributed by atoms with Crippen LogP contribution in [-0.2, 0) is 0 Å². The molecular weight excluding hydrogens is 112 g/mol. The van der Waals surface area contributed by atoms with Crippen molar-refractivity contribution in [2.45, 2.75) is 24.9 Å². The van der Waals surface area contributed by atoms with Crippen LogP contribution < -0.4 is 5.32 Å². The van der Waals surface area contributed by atoms with Crippen molar-refractivity contribution in [1.29, 1.82) is 0 Å². The fourth-order valence-electron chi connectivity index (χ4n) is 1.90. The molecule has 0 aromatic rings. The smallest absolute Gasteiger partial charge is 0.0290 e. The Morgan fingerprint density at radius 1 is 1.22 bits per heavy atom. The topological polar surface area (TPSA) is 17.3 Å².